The standard InChI is InChI=1S/C15H16ClN3O/c16-11-6-10-2-1-5-18-14(10)12(7-11)15(20)19-8-13(17)9-3-4-9/h1-2,5-7,9,13H,3-4,8,17H2,(H,19,20). The van der Waals surface area contributed by atoms with Crippen LogP contribution >= 0.6 is 11.6 Å². The highest BCUT2D eigenvalue weighted by Crippen LogP contribution is 2.31. The highest BCUT2D eigenvalue weighted by molar-refractivity contribution is 6.32. The highest BCUT2D eigenvalue weighted by atomic mass is 35.5. The van der Waals surface area contributed by atoms with Crippen molar-refractivity contribution in [2.24, 2.45) is 11.7 Å². The lowest BCUT2D eigenvalue weighted by atomic mass is 10.1. The van der Waals surface area contributed by atoms with Gasteiger partial charge in [-0.15, -0.1) is 0 Å². The van der Waals surface area contributed by atoms with Crippen molar-refractivity contribution in [3.05, 3.63) is 41.0 Å². The molecule has 5 heteroatoms. The molecule has 3 N–H and O–H groups in total. The zero-order valence-electron chi connectivity index (χ0n) is 11.0. The molecular weight excluding hydrogens is 274 g/mol. The predicted molar refractivity (Wildman–Crippen MR) is 79.8 cm³/mol. The number of pyridine rings is 1. The number of nitrogens with two attached hydrogens (primary N) is 1. The number of aromatic nitrogens is 1. The largest absolute Gasteiger partial charge is 0.350 e. The number of benzene rings is 1. The normalized spacial score (nSPS) is 16.1. The van der Waals surface area contributed by atoms with E-state index in [9.17, 15) is 4.79 Å². The minimum Gasteiger partial charge on any atom is -0.350 e. The van der Waals surface area contributed by atoms with Gasteiger partial charge in [0.05, 0.1) is 11.1 Å². The van der Waals surface area contributed by atoms with E-state index in [0.717, 1.165) is 5.39 Å². The van der Waals surface area contributed by atoms with Crippen molar-refractivity contribution in [1.29, 1.82) is 0 Å². The molecule has 0 spiro atoms. The zero-order valence-corrected chi connectivity index (χ0v) is 11.7. The van der Waals surface area contributed by atoms with Crippen LogP contribution in [0.15, 0.2) is 30.5 Å². The van der Waals surface area contributed by atoms with Crippen LogP contribution < -0.4 is 11.1 Å². The third-order valence-corrected chi connectivity index (χ3v) is 3.86. The van der Waals surface area contributed by atoms with Crippen LogP contribution in [0, 0.1) is 5.92 Å². The van der Waals surface area contributed by atoms with Crippen LogP contribution in [0.5, 0.6) is 0 Å². The van der Waals surface area contributed by atoms with Crippen molar-refractivity contribution in [1.82, 2.24) is 10.3 Å². The molecule has 2 aromatic rings. The first-order valence-corrected chi connectivity index (χ1v) is 7.11. The van der Waals surface area contributed by atoms with Gasteiger partial charge in [-0.2, -0.15) is 0 Å². The Labute approximate surface area is 122 Å². The lowest BCUT2D eigenvalue weighted by molar-refractivity contribution is 0.0952. The summed E-state index contributed by atoms with van der Waals surface area (Å²) >= 11 is 6.06. The van der Waals surface area contributed by atoms with Crippen LogP contribution in [-0.4, -0.2) is 23.5 Å². The van der Waals surface area contributed by atoms with E-state index in [4.69, 9.17) is 17.3 Å². The maximum absolute atomic E-state index is 12.3. The fourth-order valence-corrected chi connectivity index (χ4v) is 2.55. The third-order valence-electron chi connectivity index (χ3n) is 3.64. The van der Waals surface area contributed by atoms with E-state index in [1.54, 1.807) is 18.3 Å². The summed E-state index contributed by atoms with van der Waals surface area (Å²) in [6, 6.07) is 7.20. The van der Waals surface area contributed by atoms with Crippen molar-refractivity contribution in [2.45, 2.75) is 18.9 Å². The number of fused-ring (bicyclic) bond motifs is 1. The molecule has 0 aliphatic heterocycles. The number of nitrogens with zero attached hydrogens (tertiary/aromatic N) is 1. The van der Waals surface area contributed by atoms with Crippen LogP contribution in [0.2, 0.25) is 5.02 Å². The van der Waals surface area contributed by atoms with E-state index < -0.39 is 0 Å². The molecule has 20 heavy (non-hydrogen) atoms. The molecule has 1 aliphatic carbocycles. The fourth-order valence-electron chi connectivity index (χ4n) is 2.33. The zero-order chi connectivity index (χ0) is 14.1. The van der Waals surface area contributed by atoms with Crippen LogP contribution in [0.3, 0.4) is 0 Å². The van der Waals surface area contributed by atoms with Crippen molar-refractivity contribution in [3.63, 3.8) is 0 Å². The van der Waals surface area contributed by atoms with Crippen molar-refractivity contribution in [2.75, 3.05) is 6.54 Å². The first-order valence-electron chi connectivity index (χ1n) is 6.73. The Balaban J connectivity index is 1.83. The van der Waals surface area contributed by atoms with Crippen molar-refractivity contribution >= 4 is 28.4 Å². The number of hydrogen-bond donors (Lipinski definition) is 2. The fraction of sp³-hybridized carbons (Fsp3) is 0.333. The molecule has 0 bridgehead atoms. The summed E-state index contributed by atoms with van der Waals surface area (Å²) in [5.74, 6) is 0.386. The summed E-state index contributed by atoms with van der Waals surface area (Å²) in [7, 11) is 0. The number of nitrogens with one attached hydrogen (secondary N) is 1. The van der Waals surface area contributed by atoms with Gasteiger partial charge in [0.1, 0.15) is 0 Å². The Kier molecular flexibility index (Phi) is 3.59. The van der Waals surface area contributed by atoms with Gasteiger partial charge in [-0.25, -0.2) is 0 Å². The Hall–Kier alpha value is -1.65. The molecule has 0 radical (unpaired) electrons. The molecular formula is C15H16ClN3O. The summed E-state index contributed by atoms with van der Waals surface area (Å²) in [6.07, 6.45) is 4.00. The van der Waals surface area contributed by atoms with E-state index in [-0.39, 0.29) is 11.9 Å². The molecule has 1 unspecified atom stereocenters. The van der Waals surface area contributed by atoms with Crippen LogP contribution in [0.4, 0.5) is 0 Å². The van der Waals surface area contributed by atoms with E-state index in [2.05, 4.69) is 10.3 Å². The molecule has 4 nitrogen and oxygen atoms in total. The van der Waals surface area contributed by atoms with E-state index in [1.165, 1.54) is 12.8 Å². The number of carbonyl (C=O) groups is 1. The summed E-state index contributed by atoms with van der Waals surface area (Å²) in [4.78, 5) is 16.6. The lowest BCUT2D eigenvalue weighted by Crippen LogP contribution is -2.38. The minimum absolute atomic E-state index is 0.0392. The summed E-state index contributed by atoms with van der Waals surface area (Å²) in [5.41, 5.74) is 7.15. The number of rotatable bonds is 4. The second-order valence-corrected chi connectivity index (χ2v) is 5.68. The first-order chi connectivity index (χ1) is 9.65. The summed E-state index contributed by atoms with van der Waals surface area (Å²) in [6.45, 7) is 0.490. The van der Waals surface area contributed by atoms with Gasteiger partial charge in [0, 0.05) is 29.2 Å². The Morgan fingerprint density at radius 2 is 2.30 bits per heavy atom. The van der Waals surface area contributed by atoms with Gasteiger partial charge in [-0.3, -0.25) is 9.78 Å². The van der Waals surface area contributed by atoms with E-state index in [0.29, 0.717) is 28.6 Å². The van der Waals surface area contributed by atoms with Gasteiger partial charge in [-0.05, 0) is 37.0 Å². The van der Waals surface area contributed by atoms with E-state index >= 15 is 0 Å². The Bertz CT molecular complexity index is 655. The topological polar surface area (TPSA) is 68.0 Å². The van der Waals surface area contributed by atoms with Gasteiger partial charge in [0.15, 0.2) is 0 Å². The number of halogens is 1. The quantitative estimate of drug-likeness (QED) is 0.908. The predicted octanol–water partition coefficient (Wildman–Crippen LogP) is 2.36. The van der Waals surface area contributed by atoms with Crippen molar-refractivity contribution < 1.29 is 4.79 Å². The molecule has 3 rings (SSSR count). The summed E-state index contributed by atoms with van der Waals surface area (Å²) in [5, 5.41) is 4.26. The molecule has 0 saturated heterocycles. The first kappa shape index (κ1) is 13.3. The Morgan fingerprint density at radius 1 is 1.50 bits per heavy atom. The molecule has 1 atom stereocenters. The third kappa shape index (κ3) is 2.76. The number of amides is 1. The SMILES string of the molecule is NC(CNC(=O)c1cc(Cl)cc2cccnc12)C1CC1. The van der Waals surface area contributed by atoms with Gasteiger partial charge in [0.2, 0.25) is 0 Å². The molecule has 1 aliphatic rings. The molecule has 1 heterocycles. The molecule has 1 saturated carbocycles. The van der Waals surface area contributed by atoms with Crippen LogP contribution in [-0.2, 0) is 0 Å². The molecule has 1 aromatic heterocycles. The maximum Gasteiger partial charge on any atom is 0.253 e. The van der Waals surface area contributed by atoms with E-state index in [1.807, 2.05) is 12.1 Å². The second kappa shape index (κ2) is 5.38. The van der Waals surface area contributed by atoms with Gasteiger partial charge < -0.3 is 11.1 Å². The Morgan fingerprint density at radius 3 is 3.05 bits per heavy atom. The average Bonchev–Trinajstić information content (AvgIpc) is 3.28. The monoisotopic (exact) mass is 289 g/mol. The van der Waals surface area contributed by atoms with Gasteiger partial charge in [0.25, 0.3) is 5.91 Å². The minimum atomic E-state index is -0.174. The number of hydrogen-bond acceptors (Lipinski definition) is 3. The van der Waals surface area contributed by atoms with Gasteiger partial charge in [-0.1, -0.05) is 17.7 Å². The van der Waals surface area contributed by atoms with Crippen molar-refractivity contribution in [3.8, 4) is 0 Å². The molecule has 1 amide bonds. The summed E-state index contributed by atoms with van der Waals surface area (Å²) < 4.78 is 0. The second-order valence-electron chi connectivity index (χ2n) is 5.24. The highest BCUT2D eigenvalue weighted by Gasteiger charge is 2.28. The lowest BCUT2D eigenvalue weighted by Gasteiger charge is -2.12. The van der Waals surface area contributed by atoms with Crippen LogP contribution in [0.1, 0.15) is 23.2 Å². The van der Waals surface area contributed by atoms with Crippen LogP contribution in [0.25, 0.3) is 10.9 Å². The molecule has 1 fully saturated rings. The molecule has 104 valence electrons. The maximum atomic E-state index is 12.3. The molecule has 1 aromatic carbocycles. The smallest absolute Gasteiger partial charge is 0.253 e. The van der Waals surface area contributed by atoms with Gasteiger partial charge >= 0.3 is 0 Å². The number of carbonyl (C=O) groups excluding carboxylic acids is 1. The average molecular weight is 290 g/mol.